The lowest BCUT2D eigenvalue weighted by atomic mass is 10.3. The summed E-state index contributed by atoms with van der Waals surface area (Å²) in [5.74, 6) is 0.853. The first kappa shape index (κ1) is 7.10. The molecule has 59 valence electrons. The number of aromatic nitrogens is 2. The number of H-pyrrole nitrogens is 1. The van der Waals surface area contributed by atoms with Gasteiger partial charge in [0.25, 0.3) is 0 Å². The molecule has 0 aliphatic rings. The Morgan fingerprint density at radius 2 is 2.17 bits per heavy atom. The number of nitrogens with one attached hydrogen (secondary N) is 1. The van der Waals surface area contributed by atoms with Crippen LogP contribution in [0.3, 0.4) is 0 Å². The Morgan fingerprint density at radius 1 is 1.33 bits per heavy atom. The van der Waals surface area contributed by atoms with E-state index in [1.165, 1.54) is 0 Å². The molecule has 0 aliphatic carbocycles. The van der Waals surface area contributed by atoms with Gasteiger partial charge in [0.15, 0.2) is 0 Å². The van der Waals surface area contributed by atoms with Crippen LogP contribution in [0.5, 0.6) is 0 Å². The van der Waals surface area contributed by atoms with Gasteiger partial charge < -0.3 is 4.98 Å². The van der Waals surface area contributed by atoms with Gasteiger partial charge >= 0.3 is 0 Å². The van der Waals surface area contributed by atoms with Crippen LogP contribution in [-0.4, -0.2) is 9.97 Å². The minimum atomic E-state index is 0.853. The molecule has 12 heavy (non-hydrogen) atoms. The highest BCUT2D eigenvalue weighted by Crippen LogP contribution is 2.10. The van der Waals surface area contributed by atoms with Crippen molar-refractivity contribution in [1.82, 2.24) is 9.97 Å². The Labute approximate surface area is 70.9 Å². The van der Waals surface area contributed by atoms with Crippen molar-refractivity contribution in [1.29, 1.82) is 0 Å². The standard InChI is InChI=1S/C10H9N2/c1-2-5-10-11-8-6-3-4-7-9(8)12-10/h2-7H,1H2,(H,11,12). The maximum atomic E-state index is 4.32. The fourth-order valence-electron chi connectivity index (χ4n) is 1.16. The third-order valence-corrected chi connectivity index (χ3v) is 1.68. The molecule has 0 unspecified atom stereocenters. The highest BCUT2D eigenvalue weighted by molar-refractivity contribution is 5.75. The zero-order valence-electron chi connectivity index (χ0n) is 6.62. The summed E-state index contributed by atoms with van der Waals surface area (Å²) in [4.78, 5) is 7.48. The first-order valence-corrected chi connectivity index (χ1v) is 3.80. The topological polar surface area (TPSA) is 28.7 Å². The summed E-state index contributed by atoms with van der Waals surface area (Å²) in [6, 6.07) is 7.94. The monoisotopic (exact) mass is 157 g/mol. The molecule has 0 spiro atoms. The highest BCUT2D eigenvalue weighted by atomic mass is 14.9. The van der Waals surface area contributed by atoms with E-state index in [4.69, 9.17) is 0 Å². The second kappa shape index (κ2) is 2.81. The molecule has 0 atom stereocenters. The largest absolute Gasteiger partial charge is 0.341 e. The van der Waals surface area contributed by atoms with Gasteiger partial charge in [-0.05, 0) is 12.1 Å². The number of allylic oxidation sites excluding steroid dienone is 1. The predicted molar refractivity (Wildman–Crippen MR) is 49.7 cm³/mol. The van der Waals surface area contributed by atoms with Crippen LogP contribution < -0.4 is 0 Å². The van der Waals surface area contributed by atoms with Crippen molar-refractivity contribution in [2.45, 2.75) is 0 Å². The van der Waals surface area contributed by atoms with Crippen LogP contribution in [0.1, 0.15) is 5.82 Å². The van der Waals surface area contributed by atoms with Gasteiger partial charge in [-0.1, -0.05) is 18.2 Å². The average molecular weight is 157 g/mol. The van der Waals surface area contributed by atoms with Crippen LogP contribution in [0, 0.1) is 6.42 Å². The molecule has 1 radical (unpaired) electrons. The number of aromatic amines is 1. The molecule has 2 nitrogen and oxygen atoms in total. The smallest absolute Gasteiger partial charge is 0.115 e. The zero-order chi connectivity index (χ0) is 8.39. The summed E-state index contributed by atoms with van der Waals surface area (Å²) in [6.45, 7) is 3.61. The number of benzene rings is 1. The Bertz CT molecular complexity index is 368. The lowest BCUT2D eigenvalue weighted by molar-refractivity contribution is 1.21. The Hall–Kier alpha value is -1.57. The summed E-state index contributed by atoms with van der Waals surface area (Å²) in [5, 5.41) is 0. The molecule has 2 aromatic rings. The fourth-order valence-corrected chi connectivity index (χ4v) is 1.16. The predicted octanol–water partition coefficient (Wildman–Crippen LogP) is 2.30. The summed E-state index contributed by atoms with van der Waals surface area (Å²) < 4.78 is 0. The van der Waals surface area contributed by atoms with E-state index < -0.39 is 0 Å². The van der Waals surface area contributed by atoms with Crippen LogP contribution in [0.2, 0.25) is 0 Å². The molecule has 0 amide bonds. The number of hydrogen-bond donors (Lipinski definition) is 1. The van der Waals surface area contributed by atoms with Gasteiger partial charge in [0.1, 0.15) is 5.82 Å². The van der Waals surface area contributed by atoms with Crippen molar-refractivity contribution >= 4 is 11.0 Å². The Morgan fingerprint density at radius 3 is 2.92 bits per heavy atom. The van der Waals surface area contributed by atoms with E-state index in [0.29, 0.717) is 0 Å². The van der Waals surface area contributed by atoms with Gasteiger partial charge in [-0.15, -0.1) is 6.58 Å². The molecule has 1 heterocycles. The quantitative estimate of drug-likeness (QED) is 0.711. The van der Waals surface area contributed by atoms with E-state index in [9.17, 15) is 0 Å². The normalized spacial score (nSPS) is 10.3. The molecule has 0 bridgehead atoms. The maximum absolute atomic E-state index is 4.32. The summed E-state index contributed by atoms with van der Waals surface area (Å²) >= 11 is 0. The number of nitrogens with zero attached hydrogens (tertiary/aromatic N) is 1. The van der Waals surface area contributed by atoms with Gasteiger partial charge in [-0.25, -0.2) is 4.98 Å². The van der Waals surface area contributed by atoms with Crippen molar-refractivity contribution in [2.24, 2.45) is 0 Å². The number of imidazole rings is 1. The van der Waals surface area contributed by atoms with Gasteiger partial charge in [0.05, 0.1) is 11.0 Å². The lowest BCUT2D eigenvalue weighted by Crippen LogP contribution is -1.78. The number of fused-ring (bicyclic) bond motifs is 1. The first-order valence-electron chi connectivity index (χ1n) is 3.80. The highest BCUT2D eigenvalue weighted by Gasteiger charge is 1.98. The van der Waals surface area contributed by atoms with Crippen molar-refractivity contribution in [2.75, 3.05) is 0 Å². The van der Waals surface area contributed by atoms with Gasteiger partial charge in [-0.3, -0.25) is 0 Å². The van der Waals surface area contributed by atoms with Crippen LogP contribution in [0.25, 0.3) is 11.0 Å². The Balaban J connectivity index is 2.54. The first-order chi connectivity index (χ1) is 5.90. The molecule has 1 aromatic carbocycles. The molecule has 0 saturated heterocycles. The summed E-state index contributed by atoms with van der Waals surface area (Å²) in [6.07, 6.45) is 3.57. The summed E-state index contributed by atoms with van der Waals surface area (Å²) in [7, 11) is 0. The van der Waals surface area contributed by atoms with E-state index in [1.807, 2.05) is 30.7 Å². The minimum absolute atomic E-state index is 0.853. The summed E-state index contributed by atoms with van der Waals surface area (Å²) in [5.41, 5.74) is 2.05. The van der Waals surface area contributed by atoms with Gasteiger partial charge in [0, 0.05) is 6.42 Å². The molecular weight excluding hydrogens is 148 g/mol. The van der Waals surface area contributed by atoms with E-state index >= 15 is 0 Å². The molecule has 0 aliphatic heterocycles. The molecule has 0 fully saturated rings. The average Bonchev–Trinajstić information content (AvgIpc) is 2.47. The minimum Gasteiger partial charge on any atom is -0.341 e. The molecule has 2 heteroatoms. The van der Waals surface area contributed by atoms with Crippen molar-refractivity contribution < 1.29 is 0 Å². The van der Waals surface area contributed by atoms with Crippen LogP contribution >= 0.6 is 0 Å². The van der Waals surface area contributed by atoms with E-state index in [2.05, 4.69) is 16.5 Å². The second-order valence-corrected chi connectivity index (χ2v) is 2.54. The number of para-hydroxylation sites is 2. The lowest BCUT2D eigenvalue weighted by Gasteiger charge is -1.82. The van der Waals surface area contributed by atoms with E-state index in [1.54, 1.807) is 6.08 Å². The number of rotatable bonds is 2. The molecule has 0 saturated carbocycles. The third-order valence-electron chi connectivity index (χ3n) is 1.68. The molecule has 1 aromatic heterocycles. The van der Waals surface area contributed by atoms with Crippen molar-refractivity contribution in [3.63, 3.8) is 0 Å². The van der Waals surface area contributed by atoms with Crippen LogP contribution in [-0.2, 0) is 0 Å². The van der Waals surface area contributed by atoms with Crippen molar-refractivity contribution in [3.05, 3.63) is 49.2 Å². The van der Waals surface area contributed by atoms with E-state index in [-0.39, 0.29) is 0 Å². The van der Waals surface area contributed by atoms with Crippen molar-refractivity contribution in [3.8, 4) is 0 Å². The molecular formula is C10H9N2. The fraction of sp³-hybridized carbons (Fsp3) is 0. The van der Waals surface area contributed by atoms with Crippen LogP contribution in [0.4, 0.5) is 0 Å². The SMILES string of the molecule is C=C[CH]c1nc2ccccc2[nH]1. The molecule has 1 N–H and O–H groups in total. The maximum Gasteiger partial charge on any atom is 0.115 e. The second-order valence-electron chi connectivity index (χ2n) is 2.54. The van der Waals surface area contributed by atoms with E-state index in [0.717, 1.165) is 16.9 Å². The van der Waals surface area contributed by atoms with Crippen LogP contribution in [0.15, 0.2) is 36.9 Å². The van der Waals surface area contributed by atoms with Gasteiger partial charge in [0.2, 0.25) is 0 Å². The third kappa shape index (κ3) is 1.11. The Kier molecular flexibility index (Phi) is 1.67. The zero-order valence-corrected chi connectivity index (χ0v) is 6.62. The number of hydrogen-bond acceptors (Lipinski definition) is 1. The molecule has 2 rings (SSSR count). The van der Waals surface area contributed by atoms with Gasteiger partial charge in [-0.2, -0.15) is 0 Å².